The van der Waals surface area contributed by atoms with E-state index in [9.17, 15) is 9.59 Å². The van der Waals surface area contributed by atoms with Gasteiger partial charge in [0.1, 0.15) is 17.6 Å². The Balaban J connectivity index is 2.84. The molecule has 15 heavy (non-hydrogen) atoms. The fourth-order valence-corrected chi connectivity index (χ4v) is 1.23. The van der Waals surface area contributed by atoms with E-state index in [0.717, 1.165) is 11.6 Å². The molecule has 1 aromatic rings. The molecule has 0 heterocycles. The number of carbonyl (C=O) groups excluding carboxylic acids is 2. The van der Waals surface area contributed by atoms with Gasteiger partial charge in [0.25, 0.3) is 0 Å². The minimum Gasteiger partial charge on any atom is -0.451 e. The highest BCUT2D eigenvalue weighted by Crippen LogP contribution is 2.24. The Hall–Kier alpha value is -1.86. The van der Waals surface area contributed by atoms with Crippen molar-refractivity contribution in [2.24, 2.45) is 0 Å². The third-order valence-electron chi connectivity index (χ3n) is 2.00. The van der Waals surface area contributed by atoms with E-state index in [1.165, 1.54) is 5.94 Å². The molecule has 0 fully saturated rings. The molecule has 78 valence electrons. The second-order valence-corrected chi connectivity index (χ2v) is 3.56. The third kappa shape index (κ3) is 3.08. The Labute approximate surface area is 88.4 Å². The summed E-state index contributed by atoms with van der Waals surface area (Å²) in [6.07, 6.45) is 0.741. The van der Waals surface area contributed by atoms with E-state index in [1.807, 2.05) is 30.3 Å². The molecule has 0 atom stereocenters. The van der Waals surface area contributed by atoms with Crippen LogP contribution in [0, 0.1) is 0 Å². The fraction of sp³-hybridized carbons (Fsp3) is 0.250. The van der Waals surface area contributed by atoms with Crippen LogP contribution in [-0.4, -0.2) is 11.9 Å². The number of carbonyl (C=O) groups is 1. The van der Waals surface area contributed by atoms with E-state index < -0.39 is 11.6 Å². The molecule has 0 radical (unpaired) electrons. The van der Waals surface area contributed by atoms with Crippen LogP contribution in [0.4, 0.5) is 0 Å². The van der Waals surface area contributed by atoms with Crippen molar-refractivity contribution in [1.82, 2.24) is 0 Å². The van der Waals surface area contributed by atoms with Gasteiger partial charge in [-0.25, -0.2) is 9.59 Å². The van der Waals surface area contributed by atoms with Gasteiger partial charge in [-0.3, -0.25) is 0 Å². The SMILES string of the molecule is CC(C)(OC(=O)C=C=O)c1ccccc1. The zero-order valence-corrected chi connectivity index (χ0v) is 8.69. The maximum absolute atomic E-state index is 11.1. The highest BCUT2D eigenvalue weighted by Gasteiger charge is 2.23. The first kappa shape index (κ1) is 11.2. The molecule has 0 aliphatic heterocycles. The topological polar surface area (TPSA) is 43.4 Å². The van der Waals surface area contributed by atoms with Gasteiger partial charge in [-0.1, -0.05) is 30.3 Å². The first-order valence-electron chi connectivity index (χ1n) is 4.55. The lowest BCUT2D eigenvalue weighted by Crippen LogP contribution is -2.24. The number of benzene rings is 1. The summed E-state index contributed by atoms with van der Waals surface area (Å²) in [5.74, 6) is 0.710. The molecule has 1 rings (SSSR count). The zero-order valence-electron chi connectivity index (χ0n) is 8.69. The molecular formula is C12H12O3. The van der Waals surface area contributed by atoms with E-state index >= 15 is 0 Å². The van der Waals surface area contributed by atoms with Crippen molar-refractivity contribution >= 4 is 11.9 Å². The molecule has 0 N–H and O–H groups in total. The van der Waals surface area contributed by atoms with Gasteiger partial charge < -0.3 is 4.74 Å². The van der Waals surface area contributed by atoms with Gasteiger partial charge in [0.2, 0.25) is 0 Å². The molecule has 0 aliphatic carbocycles. The molecule has 0 unspecified atom stereocenters. The second-order valence-electron chi connectivity index (χ2n) is 3.56. The molecule has 0 aromatic heterocycles. The molecule has 3 heteroatoms. The maximum atomic E-state index is 11.1. The summed E-state index contributed by atoms with van der Waals surface area (Å²) in [6, 6.07) is 9.32. The molecule has 0 spiro atoms. The third-order valence-corrected chi connectivity index (χ3v) is 2.00. The lowest BCUT2D eigenvalue weighted by molar-refractivity contribution is -0.150. The number of rotatable bonds is 3. The highest BCUT2D eigenvalue weighted by molar-refractivity contribution is 5.90. The van der Waals surface area contributed by atoms with Crippen LogP contribution in [0.2, 0.25) is 0 Å². The lowest BCUT2D eigenvalue weighted by atomic mass is 9.98. The standard InChI is InChI=1S/C12H12O3/c1-12(2,15-11(14)8-9-13)10-6-4-3-5-7-10/h3-8H,1-2H3. The molecule has 0 bridgehead atoms. The Morgan fingerprint density at radius 1 is 1.33 bits per heavy atom. The number of esters is 1. The first-order chi connectivity index (χ1) is 7.06. The van der Waals surface area contributed by atoms with Crippen molar-refractivity contribution in [3.8, 4) is 0 Å². The first-order valence-corrected chi connectivity index (χ1v) is 4.55. The minimum absolute atomic E-state index is 0.682. The lowest BCUT2D eigenvalue weighted by Gasteiger charge is -2.24. The van der Waals surface area contributed by atoms with Gasteiger partial charge in [0.05, 0.1) is 0 Å². The Morgan fingerprint density at radius 2 is 1.93 bits per heavy atom. The van der Waals surface area contributed by atoms with Crippen LogP contribution in [0.15, 0.2) is 36.4 Å². The van der Waals surface area contributed by atoms with Crippen molar-refractivity contribution in [3.63, 3.8) is 0 Å². The van der Waals surface area contributed by atoms with Crippen LogP contribution >= 0.6 is 0 Å². The molecule has 0 saturated carbocycles. The number of hydrogen-bond acceptors (Lipinski definition) is 3. The summed E-state index contributed by atoms with van der Waals surface area (Å²) in [4.78, 5) is 21.0. The molecule has 0 saturated heterocycles. The van der Waals surface area contributed by atoms with Crippen LogP contribution < -0.4 is 0 Å². The van der Waals surface area contributed by atoms with Crippen molar-refractivity contribution in [2.75, 3.05) is 0 Å². The summed E-state index contributed by atoms with van der Waals surface area (Å²) in [6.45, 7) is 3.53. The van der Waals surface area contributed by atoms with Crippen LogP contribution in [0.3, 0.4) is 0 Å². The van der Waals surface area contributed by atoms with Gasteiger partial charge in [0, 0.05) is 0 Å². The van der Waals surface area contributed by atoms with Crippen molar-refractivity contribution in [1.29, 1.82) is 0 Å². The van der Waals surface area contributed by atoms with E-state index in [-0.39, 0.29) is 0 Å². The van der Waals surface area contributed by atoms with Crippen LogP contribution in [0.25, 0.3) is 0 Å². The summed E-state index contributed by atoms with van der Waals surface area (Å²) >= 11 is 0. The number of hydrogen-bond donors (Lipinski definition) is 0. The maximum Gasteiger partial charge on any atom is 0.342 e. The Morgan fingerprint density at radius 3 is 2.47 bits per heavy atom. The van der Waals surface area contributed by atoms with Gasteiger partial charge in [-0.05, 0) is 19.4 Å². The van der Waals surface area contributed by atoms with Gasteiger partial charge >= 0.3 is 5.97 Å². The average Bonchev–Trinajstić information content (AvgIpc) is 2.18. The van der Waals surface area contributed by atoms with Crippen LogP contribution in [0.1, 0.15) is 19.4 Å². The Kier molecular flexibility index (Phi) is 3.42. The quantitative estimate of drug-likeness (QED) is 0.428. The normalized spacial score (nSPS) is 10.3. The van der Waals surface area contributed by atoms with Crippen LogP contribution in [-0.2, 0) is 19.9 Å². The van der Waals surface area contributed by atoms with E-state index in [0.29, 0.717) is 0 Å². The van der Waals surface area contributed by atoms with E-state index in [2.05, 4.69) is 0 Å². The molecular weight excluding hydrogens is 192 g/mol. The predicted molar refractivity (Wildman–Crippen MR) is 55.8 cm³/mol. The van der Waals surface area contributed by atoms with Crippen LogP contribution in [0.5, 0.6) is 0 Å². The molecule has 1 aromatic carbocycles. The largest absolute Gasteiger partial charge is 0.451 e. The Bertz CT molecular complexity index is 387. The fourth-order valence-electron chi connectivity index (χ4n) is 1.23. The molecule has 3 nitrogen and oxygen atoms in total. The zero-order chi connectivity index (χ0) is 11.3. The van der Waals surface area contributed by atoms with Gasteiger partial charge in [0.15, 0.2) is 0 Å². The highest BCUT2D eigenvalue weighted by atomic mass is 16.6. The van der Waals surface area contributed by atoms with Crippen molar-refractivity contribution in [2.45, 2.75) is 19.4 Å². The molecule has 0 aliphatic rings. The van der Waals surface area contributed by atoms with E-state index in [1.54, 1.807) is 13.8 Å². The van der Waals surface area contributed by atoms with Crippen molar-refractivity contribution < 1.29 is 14.3 Å². The summed E-state index contributed by atoms with van der Waals surface area (Å²) < 4.78 is 5.11. The minimum atomic E-state index is -0.744. The average molecular weight is 204 g/mol. The van der Waals surface area contributed by atoms with Crippen molar-refractivity contribution in [3.05, 3.63) is 42.0 Å². The van der Waals surface area contributed by atoms with Gasteiger partial charge in [-0.15, -0.1) is 0 Å². The summed E-state index contributed by atoms with van der Waals surface area (Å²) in [5, 5.41) is 0. The second kappa shape index (κ2) is 4.58. The predicted octanol–water partition coefficient (Wildman–Crippen LogP) is 1.85. The summed E-state index contributed by atoms with van der Waals surface area (Å²) in [5.41, 5.74) is 0.128. The smallest absolute Gasteiger partial charge is 0.342 e. The monoisotopic (exact) mass is 204 g/mol. The van der Waals surface area contributed by atoms with E-state index in [4.69, 9.17) is 4.74 Å². The number of ether oxygens (including phenoxy) is 1. The van der Waals surface area contributed by atoms with Gasteiger partial charge in [-0.2, -0.15) is 0 Å². The molecule has 0 amide bonds. The summed E-state index contributed by atoms with van der Waals surface area (Å²) in [7, 11) is 0.